The highest BCUT2D eigenvalue weighted by molar-refractivity contribution is 6.05. The van der Waals surface area contributed by atoms with E-state index < -0.39 is 0 Å². The minimum atomic E-state index is -0.192. The number of anilines is 1. The molecule has 0 unspecified atom stereocenters. The predicted octanol–water partition coefficient (Wildman–Crippen LogP) is 3.87. The number of nitrogens with zero attached hydrogens (tertiary/aromatic N) is 1. The summed E-state index contributed by atoms with van der Waals surface area (Å²) < 4.78 is 10.7. The van der Waals surface area contributed by atoms with E-state index in [1.165, 1.54) is 6.39 Å². The molecule has 0 spiro atoms. The van der Waals surface area contributed by atoms with Crippen LogP contribution in [-0.2, 0) is 0 Å². The smallest absolute Gasteiger partial charge is 0.255 e. The van der Waals surface area contributed by atoms with Gasteiger partial charge in [-0.1, -0.05) is 0 Å². The van der Waals surface area contributed by atoms with Crippen LogP contribution in [0.25, 0.3) is 11.1 Å². The third-order valence-corrected chi connectivity index (χ3v) is 3.08. The van der Waals surface area contributed by atoms with Crippen LogP contribution in [0, 0.1) is 0 Å². The summed E-state index contributed by atoms with van der Waals surface area (Å²) >= 11 is 0. The molecule has 1 amide bonds. The molecule has 5 heteroatoms. The van der Waals surface area contributed by atoms with E-state index in [1.807, 2.05) is 38.1 Å². The van der Waals surface area contributed by atoms with Crippen molar-refractivity contribution in [3.63, 3.8) is 0 Å². The van der Waals surface area contributed by atoms with Gasteiger partial charge in [0, 0.05) is 11.3 Å². The van der Waals surface area contributed by atoms with Gasteiger partial charge in [0.25, 0.3) is 5.91 Å². The van der Waals surface area contributed by atoms with E-state index in [9.17, 15) is 4.79 Å². The van der Waals surface area contributed by atoms with Crippen molar-refractivity contribution in [1.29, 1.82) is 0 Å². The van der Waals surface area contributed by atoms with Gasteiger partial charge in [-0.3, -0.25) is 4.79 Å². The van der Waals surface area contributed by atoms with Crippen LogP contribution in [0.2, 0.25) is 0 Å². The Labute approximate surface area is 127 Å². The Morgan fingerprint density at radius 3 is 2.68 bits per heavy atom. The summed E-state index contributed by atoms with van der Waals surface area (Å²) in [5, 5.41) is 2.84. The molecule has 1 heterocycles. The minimum Gasteiger partial charge on any atom is -0.491 e. The number of nitrogens with one attached hydrogen (secondary N) is 1. The Hall–Kier alpha value is -2.82. The highest BCUT2D eigenvalue weighted by atomic mass is 16.5. The lowest BCUT2D eigenvalue weighted by Crippen LogP contribution is -2.11. The zero-order valence-electron chi connectivity index (χ0n) is 12.4. The molecule has 0 saturated heterocycles. The zero-order valence-corrected chi connectivity index (χ0v) is 12.4. The Morgan fingerprint density at radius 1 is 1.18 bits per heavy atom. The molecule has 22 heavy (non-hydrogen) atoms. The average Bonchev–Trinajstić information content (AvgIpc) is 2.96. The molecule has 0 aliphatic heterocycles. The van der Waals surface area contributed by atoms with E-state index >= 15 is 0 Å². The van der Waals surface area contributed by atoms with Gasteiger partial charge in [0.05, 0.1) is 6.10 Å². The molecule has 0 aliphatic carbocycles. The van der Waals surface area contributed by atoms with Crippen molar-refractivity contribution in [3.8, 4) is 5.75 Å². The second-order valence-electron chi connectivity index (χ2n) is 5.18. The van der Waals surface area contributed by atoms with E-state index in [0.29, 0.717) is 22.4 Å². The molecule has 2 aromatic carbocycles. The van der Waals surface area contributed by atoms with Crippen LogP contribution in [0.3, 0.4) is 0 Å². The maximum Gasteiger partial charge on any atom is 0.255 e. The van der Waals surface area contributed by atoms with Crippen LogP contribution in [-0.4, -0.2) is 17.0 Å². The molecule has 1 N–H and O–H groups in total. The molecule has 0 bridgehead atoms. The number of ether oxygens (including phenoxy) is 1. The minimum absolute atomic E-state index is 0.120. The first-order valence-corrected chi connectivity index (χ1v) is 7.03. The summed E-state index contributed by atoms with van der Waals surface area (Å²) in [6, 6.07) is 12.4. The monoisotopic (exact) mass is 296 g/mol. The van der Waals surface area contributed by atoms with E-state index in [1.54, 1.807) is 18.2 Å². The molecule has 0 atom stereocenters. The molecule has 1 aromatic heterocycles. The number of rotatable bonds is 4. The van der Waals surface area contributed by atoms with Crippen LogP contribution >= 0.6 is 0 Å². The van der Waals surface area contributed by atoms with Crippen molar-refractivity contribution in [3.05, 3.63) is 54.4 Å². The number of oxazole rings is 1. The molecule has 3 rings (SSSR count). The number of hydrogen-bond donors (Lipinski definition) is 1. The first-order valence-electron chi connectivity index (χ1n) is 7.03. The maximum atomic E-state index is 12.2. The van der Waals surface area contributed by atoms with Gasteiger partial charge < -0.3 is 14.5 Å². The number of fused-ring (bicyclic) bond motifs is 1. The van der Waals surface area contributed by atoms with Crippen molar-refractivity contribution in [2.24, 2.45) is 0 Å². The highest BCUT2D eigenvalue weighted by Gasteiger charge is 2.09. The number of hydrogen-bond acceptors (Lipinski definition) is 4. The molecule has 3 aromatic rings. The largest absolute Gasteiger partial charge is 0.491 e. The molecular weight excluding hydrogens is 280 g/mol. The van der Waals surface area contributed by atoms with Crippen molar-refractivity contribution in [1.82, 2.24) is 4.98 Å². The van der Waals surface area contributed by atoms with Crippen LogP contribution in [0.15, 0.2) is 53.3 Å². The lowest BCUT2D eigenvalue weighted by Gasteiger charge is -2.10. The van der Waals surface area contributed by atoms with Gasteiger partial charge in [-0.25, -0.2) is 4.98 Å². The second kappa shape index (κ2) is 5.89. The summed E-state index contributed by atoms with van der Waals surface area (Å²) in [7, 11) is 0. The zero-order chi connectivity index (χ0) is 15.5. The molecule has 0 saturated carbocycles. The van der Waals surface area contributed by atoms with Crippen molar-refractivity contribution in [2.45, 2.75) is 20.0 Å². The molecule has 0 fully saturated rings. The standard InChI is InChI=1S/C17H16N2O3/c1-11(2)22-14-6-4-13(5-7-14)19-17(20)12-3-8-16-15(9-12)18-10-21-16/h3-11H,1-2H3,(H,19,20). The summed E-state index contributed by atoms with van der Waals surface area (Å²) in [4.78, 5) is 16.3. The van der Waals surface area contributed by atoms with Gasteiger partial charge in [0.1, 0.15) is 11.3 Å². The van der Waals surface area contributed by atoms with E-state index in [-0.39, 0.29) is 12.0 Å². The van der Waals surface area contributed by atoms with Crippen LogP contribution in [0.1, 0.15) is 24.2 Å². The second-order valence-corrected chi connectivity index (χ2v) is 5.18. The van der Waals surface area contributed by atoms with Crippen LogP contribution < -0.4 is 10.1 Å². The normalized spacial score (nSPS) is 10.9. The summed E-state index contributed by atoms with van der Waals surface area (Å²) in [6.07, 6.45) is 1.48. The first-order chi connectivity index (χ1) is 10.6. The van der Waals surface area contributed by atoms with Gasteiger partial charge in [-0.2, -0.15) is 0 Å². The number of carbonyl (C=O) groups is 1. The Kier molecular flexibility index (Phi) is 3.78. The van der Waals surface area contributed by atoms with Crippen LogP contribution in [0.5, 0.6) is 5.75 Å². The van der Waals surface area contributed by atoms with E-state index in [4.69, 9.17) is 9.15 Å². The number of amides is 1. The summed E-state index contributed by atoms with van der Waals surface area (Å²) in [6.45, 7) is 3.94. The van der Waals surface area contributed by atoms with E-state index in [2.05, 4.69) is 10.3 Å². The lowest BCUT2D eigenvalue weighted by molar-refractivity contribution is 0.102. The fraction of sp³-hybridized carbons (Fsp3) is 0.176. The SMILES string of the molecule is CC(C)Oc1ccc(NC(=O)c2ccc3ocnc3c2)cc1. The number of carbonyl (C=O) groups excluding carboxylic acids is 1. The fourth-order valence-corrected chi connectivity index (χ4v) is 2.09. The number of aromatic nitrogens is 1. The fourth-order valence-electron chi connectivity index (χ4n) is 2.09. The van der Waals surface area contributed by atoms with E-state index in [0.717, 1.165) is 5.75 Å². The number of benzene rings is 2. The molecular formula is C17H16N2O3. The van der Waals surface area contributed by atoms with Gasteiger partial charge in [-0.05, 0) is 56.3 Å². The van der Waals surface area contributed by atoms with Crippen molar-refractivity contribution < 1.29 is 13.9 Å². The van der Waals surface area contributed by atoms with Crippen molar-refractivity contribution in [2.75, 3.05) is 5.32 Å². The van der Waals surface area contributed by atoms with Gasteiger partial charge in [0.15, 0.2) is 12.0 Å². The average molecular weight is 296 g/mol. The van der Waals surface area contributed by atoms with Crippen LogP contribution in [0.4, 0.5) is 5.69 Å². The van der Waals surface area contributed by atoms with Gasteiger partial charge in [-0.15, -0.1) is 0 Å². The third kappa shape index (κ3) is 3.09. The Bertz CT molecular complexity index is 791. The highest BCUT2D eigenvalue weighted by Crippen LogP contribution is 2.19. The topological polar surface area (TPSA) is 64.4 Å². The summed E-state index contributed by atoms with van der Waals surface area (Å²) in [5.74, 6) is 0.583. The summed E-state index contributed by atoms with van der Waals surface area (Å²) in [5.41, 5.74) is 2.56. The maximum absolute atomic E-state index is 12.2. The Morgan fingerprint density at radius 2 is 1.95 bits per heavy atom. The molecule has 112 valence electrons. The van der Waals surface area contributed by atoms with Gasteiger partial charge in [0.2, 0.25) is 0 Å². The quantitative estimate of drug-likeness (QED) is 0.793. The predicted molar refractivity (Wildman–Crippen MR) is 84.2 cm³/mol. The molecule has 0 radical (unpaired) electrons. The third-order valence-electron chi connectivity index (χ3n) is 3.08. The molecule has 5 nitrogen and oxygen atoms in total. The van der Waals surface area contributed by atoms with Crippen molar-refractivity contribution >= 4 is 22.7 Å². The molecule has 0 aliphatic rings. The van der Waals surface area contributed by atoms with Gasteiger partial charge >= 0.3 is 0 Å². The Balaban J connectivity index is 1.73. The first kappa shape index (κ1) is 14.1. The lowest BCUT2D eigenvalue weighted by atomic mass is 10.2.